The molecule has 26 heavy (non-hydrogen) atoms. The summed E-state index contributed by atoms with van der Waals surface area (Å²) < 4.78 is 6.42. The van der Waals surface area contributed by atoms with Crippen molar-refractivity contribution in [2.24, 2.45) is 0 Å². The first kappa shape index (κ1) is 18.4. The lowest BCUT2D eigenvalue weighted by molar-refractivity contribution is 0.0280. The van der Waals surface area contributed by atoms with E-state index in [1.54, 1.807) is 72.8 Å². The second-order valence-electron chi connectivity index (χ2n) is 5.57. The fraction of sp³-hybridized carbons (Fsp3) is 0.0476. The third-order valence-electron chi connectivity index (χ3n) is 3.77. The van der Waals surface area contributed by atoms with Crippen molar-refractivity contribution in [3.8, 4) is 0 Å². The fourth-order valence-electron chi connectivity index (χ4n) is 2.43. The SMILES string of the molecule is O=C(O[C@@H](C(=O)c1ccccc1)c1ccc(Cl)cc1)c1ccc(Br)cc1. The molecule has 0 N–H and O–H groups in total. The van der Waals surface area contributed by atoms with Gasteiger partial charge in [0.25, 0.3) is 0 Å². The van der Waals surface area contributed by atoms with Gasteiger partial charge in [-0.1, -0.05) is 70.0 Å². The molecule has 0 fully saturated rings. The van der Waals surface area contributed by atoms with Crippen LogP contribution in [0.15, 0.2) is 83.3 Å². The molecule has 0 unspecified atom stereocenters. The van der Waals surface area contributed by atoms with Crippen molar-refractivity contribution in [2.75, 3.05) is 0 Å². The van der Waals surface area contributed by atoms with Crippen LogP contribution >= 0.6 is 27.5 Å². The number of hydrogen-bond acceptors (Lipinski definition) is 3. The van der Waals surface area contributed by atoms with Crippen LogP contribution < -0.4 is 0 Å². The molecule has 0 aliphatic rings. The maximum atomic E-state index is 12.9. The highest BCUT2D eigenvalue weighted by atomic mass is 79.9. The molecular formula is C21H14BrClO3. The Balaban J connectivity index is 1.92. The number of benzene rings is 3. The molecule has 0 amide bonds. The second-order valence-corrected chi connectivity index (χ2v) is 6.93. The quantitative estimate of drug-likeness (QED) is 0.375. The Morgan fingerprint density at radius 3 is 2.04 bits per heavy atom. The first-order valence-corrected chi connectivity index (χ1v) is 9.03. The van der Waals surface area contributed by atoms with Crippen molar-refractivity contribution in [2.45, 2.75) is 6.10 Å². The van der Waals surface area contributed by atoms with Crippen LogP contribution in [-0.4, -0.2) is 11.8 Å². The minimum absolute atomic E-state index is 0.293. The number of esters is 1. The van der Waals surface area contributed by atoms with Gasteiger partial charge in [0.15, 0.2) is 6.10 Å². The molecule has 130 valence electrons. The molecule has 0 heterocycles. The van der Waals surface area contributed by atoms with Gasteiger partial charge in [0, 0.05) is 20.6 Å². The van der Waals surface area contributed by atoms with E-state index in [2.05, 4.69) is 15.9 Å². The Bertz CT molecular complexity index is 906. The Kier molecular flexibility index (Phi) is 5.86. The molecule has 1 atom stereocenters. The van der Waals surface area contributed by atoms with E-state index in [0.29, 0.717) is 21.7 Å². The summed E-state index contributed by atoms with van der Waals surface area (Å²) in [6, 6.07) is 22.2. The van der Waals surface area contributed by atoms with Crippen LogP contribution in [0.1, 0.15) is 32.4 Å². The molecule has 5 heteroatoms. The molecule has 3 aromatic carbocycles. The number of Topliss-reactive ketones (excluding diaryl/α,β-unsaturated/α-hetero) is 1. The lowest BCUT2D eigenvalue weighted by atomic mass is 9.99. The minimum atomic E-state index is -1.05. The van der Waals surface area contributed by atoms with Gasteiger partial charge in [-0.3, -0.25) is 4.79 Å². The normalized spacial score (nSPS) is 11.6. The Hall–Kier alpha value is -2.43. The van der Waals surface area contributed by atoms with Gasteiger partial charge in [0.1, 0.15) is 0 Å². The highest BCUT2D eigenvalue weighted by molar-refractivity contribution is 9.10. The molecule has 0 saturated carbocycles. The lowest BCUT2D eigenvalue weighted by Gasteiger charge is -2.17. The number of rotatable bonds is 5. The molecule has 0 radical (unpaired) electrons. The van der Waals surface area contributed by atoms with Gasteiger partial charge in [0.05, 0.1) is 5.56 Å². The number of carbonyl (C=O) groups is 2. The predicted molar refractivity (Wildman–Crippen MR) is 105 cm³/mol. The Morgan fingerprint density at radius 2 is 1.42 bits per heavy atom. The molecule has 3 rings (SSSR count). The molecular weight excluding hydrogens is 416 g/mol. The smallest absolute Gasteiger partial charge is 0.339 e. The molecule has 3 nitrogen and oxygen atoms in total. The van der Waals surface area contributed by atoms with Gasteiger partial charge < -0.3 is 4.74 Å². The third-order valence-corrected chi connectivity index (χ3v) is 4.55. The van der Waals surface area contributed by atoms with E-state index < -0.39 is 12.1 Å². The summed E-state index contributed by atoms with van der Waals surface area (Å²) in [7, 11) is 0. The second kappa shape index (κ2) is 8.30. The predicted octanol–water partition coefficient (Wildman–Crippen LogP) is 5.88. The summed E-state index contributed by atoms with van der Waals surface area (Å²) in [5, 5.41) is 0.541. The van der Waals surface area contributed by atoms with Crippen molar-refractivity contribution >= 4 is 39.3 Å². The lowest BCUT2D eigenvalue weighted by Crippen LogP contribution is -2.20. The number of ether oxygens (including phenoxy) is 1. The molecule has 0 aliphatic carbocycles. The maximum Gasteiger partial charge on any atom is 0.339 e. The number of ketones is 1. The average Bonchev–Trinajstić information content (AvgIpc) is 2.67. The summed E-state index contributed by atoms with van der Waals surface area (Å²) >= 11 is 9.26. The van der Waals surface area contributed by atoms with E-state index in [1.807, 2.05) is 6.07 Å². The van der Waals surface area contributed by atoms with Crippen molar-refractivity contribution in [3.63, 3.8) is 0 Å². The zero-order valence-electron chi connectivity index (χ0n) is 13.6. The first-order chi connectivity index (χ1) is 12.5. The summed E-state index contributed by atoms with van der Waals surface area (Å²) in [5.74, 6) is -0.861. The van der Waals surface area contributed by atoms with Crippen LogP contribution in [0.4, 0.5) is 0 Å². The summed E-state index contributed by atoms with van der Waals surface area (Å²) in [6.07, 6.45) is -1.05. The number of hydrogen-bond donors (Lipinski definition) is 0. The van der Waals surface area contributed by atoms with E-state index in [4.69, 9.17) is 16.3 Å². The monoisotopic (exact) mass is 428 g/mol. The molecule has 0 aromatic heterocycles. The van der Waals surface area contributed by atoms with E-state index in [0.717, 1.165) is 4.47 Å². The minimum Gasteiger partial charge on any atom is -0.445 e. The summed E-state index contributed by atoms with van der Waals surface area (Å²) in [4.78, 5) is 25.5. The third kappa shape index (κ3) is 4.40. The zero-order valence-corrected chi connectivity index (χ0v) is 15.9. The van der Waals surface area contributed by atoms with E-state index in [9.17, 15) is 9.59 Å². The summed E-state index contributed by atoms with van der Waals surface area (Å²) in [6.45, 7) is 0. The molecule has 0 aliphatic heterocycles. The Morgan fingerprint density at radius 1 is 0.808 bits per heavy atom. The largest absolute Gasteiger partial charge is 0.445 e. The molecule has 0 spiro atoms. The Labute approximate surface area is 164 Å². The molecule has 0 saturated heterocycles. The average molecular weight is 430 g/mol. The van der Waals surface area contributed by atoms with Crippen molar-refractivity contribution in [1.29, 1.82) is 0 Å². The van der Waals surface area contributed by atoms with Gasteiger partial charge in [-0.05, 0) is 36.4 Å². The summed E-state index contributed by atoms with van der Waals surface area (Å²) in [5.41, 5.74) is 1.40. The zero-order chi connectivity index (χ0) is 18.5. The molecule has 3 aromatic rings. The van der Waals surface area contributed by atoms with Crippen LogP contribution in [0.2, 0.25) is 5.02 Å². The first-order valence-electron chi connectivity index (χ1n) is 7.86. The highest BCUT2D eigenvalue weighted by Crippen LogP contribution is 2.25. The van der Waals surface area contributed by atoms with Crippen LogP contribution in [0.25, 0.3) is 0 Å². The number of carbonyl (C=O) groups excluding carboxylic acids is 2. The van der Waals surface area contributed by atoms with Gasteiger partial charge >= 0.3 is 5.97 Å². The fourth-order valence-corrected chi connectivity index (χ4v) is 2.82. The van der Waals surface area contributed by atoms with Crippen molar-refractivity contribution < 1.29 is 14.3 Å². The van der Waals surface area contributed by atoms with Crippen molar-refractivity contribution in [1.82, 2.24) is 0 Å². The number of halogens is 2. The highest BCUT2D eigenvalue weighted by Gasteiger charge is 2.26. The standard InChI is InChI=1S/C21H14BrClO3/c22-17-10-6-16(7-11-17)21(25)26-20(15-8-12-18(23)13-9-15)19(24)14-4-2-1-3-5-14/h1-13,20H/t20-/m1/s1. The van der Waals surface area contributed by atoms with Crippen LogP contribution in [0, 0.1) is 0 Å². The molecule has 0 bridgehead atoms. The van der Waals surface area contributed by atoms with Crippen LogP contribution in [-0.2, 0) is 4.74 Å². The van der Waals surface area contributed by atoms with Crippen molar-refractivity contribution in [3.05, 3.63) is 105 Å². The van der Waals surface area contributed by atoms with Gasteiger partial charge in [-0.2, -0.15) is 0 Å². The maximum absolute atomic E-state index is 12.9. The van der Waals surface area contributed by atoms with Gasteiger partial charge in [-0.25, -0.2) is 4.79 Å². The van der Waals surface area contributed by atoms with E-state index in [-0.39, 0.29) is 5.78 Å². The van der Waals surface area contributed by atoms with Gasteiger partial charge in [-0.15, -0.1) is 0 Å². The topological polar surface area (TPSA) is 43.4 Å². The van der Waals surface area contributed by atoms with Crippen LogP contribution in [0.3, 0.4) is 0 Å². The van der Waals surface area contributed by atoms with Crippen LogP contribution in [0.5, 0.6) is 0 Å². The van der Waals surface area contributed by atoms with Gasteiger partial charge in [0.2, 0.25) is 5.78 Å². The van der Waals surface area contributed by atoms with E-state index in [1.165, 1.54) is 0 Å². The van der Waals surface area contributed by atoms with E-state index >= 15 is 0 Å².